The zero-order chi connectivity index (χ0) is 28.6. The van der Waals surface area contributed by atoms with E-state index < -0.39 is 0 Å². The molecule has 0 bridgehead atoms. The molecule has 3 heterocycles. The van der Waals surface area contributed by atoms with Crippen molar-refractivity contribution in [2.45, 2.75) is 49.4 Å². The maximum absolute atomic E-state index is 12.3. The van der Waals surface area contributed by atoms with Gasteiger partial charge in [0.1, 0.15) is 12.1 Å². The maximum Gasteiger partial charge on any atom is 0.315 e. The molecule has 3 atom stereocenters. The van der Waals surface area contributed by atoms with Crippen molar-refractivity contribution in [3.63, 3.8) is 0 Å². The molecular weight excluding hydrogens is 540 g/mol. The molecule has 3 amide bonds. The quantitative estimate of drug-likeness (QED) is 0.137. The van der Waals surface area contributed by atoms with Gasteiger partial charge < -0.3 is 30.7 Å². The molecule has 3 unspecified atom stereocenters. The molecule has 1 aromatic heterocycles. The molecule has 3 aromatic rings. The molecule has 2 aliphatic rings. The number of urea groups is 1. The number of carbonyl (C=O) groups excluding carboxylic acids is 2. The zero-order valence-electron chi connectivity index (χ0n) is 22.9. The number of benzene rings is 2. The van der Waals surface area contributed by atoms with Crippen LogP contribution in [0, 0.1) is 12.3 Å². The van der Waals surface area contributed by atoms with Crippen LogP contribution >= 0.6 is 11.8 Å². The summed E-state index contributed by atoms with van der Waals surface area (Å²) in [6.45, 7) is 0.931. The number of ether oxygens (including phenoxy) is 2. The summed E-state index contributed by atoms with van der Waals surface area (Å²) in [4.78, 5) is 32.6. The average Bonchev–Trinajstić information content (AvgIpc) is 3.54. The predicted molar refractivity (Wildman–Crippen MR) is 161 cm³/mol. The maximum atomic E-state index is 12.3. The molecule has 0 aliphatic carbocycles. The number of anilines is 2. The number of hydrogen-bond acceptors (Lipinski definition) is 8. The van der Waals surface area contributed by atoms with Crippen LogP contribution in [0.4, 0.5) is 16.3 Å². The molecule has 2 fully saturated rings. The summed E-state index contributed by atoms with van der Waals surface area (Å²) in [6.07, 6.45) is 11.0. The van der Waals surface area contributed by atoms with E-state index in [0.717, 1.165) is 41.7 Å². The van der Waals surface area contributed by atoms with E-state index in [-0.39, 0.29) is 24.0 Å². The molecule has 0 radical (unpaired) electrons. The molecule has 4 N–H and O–H groups in total. The Bertz CT molecular complexity index is 1440. The number of rotatable bonds is 13. The topological polar surface area (TPSA) is 126 Å². The van der Waals surface area contributed by atoms with Gasteiger partial charge in [-0.3, -0.25) is 4.79 Å². The number of methoxy groups -OCH3 is 1. The molecule has 2 saturated heterocycles. The number of aromatic nitrogens is 2. The molecule has 41 heavy (non-hydrogen) atoms. The Morgan fingerprint density at radius 3 is 2.93 bits per heavy atom. The minimum absolute atomic E-state index is 0.0443. The lowest BCUT2D eigenvalue weighted by Crippen LogP contribution is -2.36. The highest BCUT2D eigenvalue weighted by Crippen LogP contribution is 2.35. The van der Waals surface area contributed by atoms with Crippen molar-refractivity contribution in [2.75, 3.05) is 31.3 Å². The number of terminal acetylenes is 1. The molecular formula is C30H34N6O4S. The Morgan fingerprint density at radius 1 is 1.17 bits per heavy atom. The lowest BCUT2D eigenvalue weighted by molar-refractivity contribution is -0.121. The summed E-state index contributed by atoms with van der Waals surface area (Å²) >= 11 is 1.90. The van der Waals surface area contributed by atoms with Gasteiger partial charge in [0.2, 0.25) is 5.91 Å². The van der Waals surface area contributed by atoms with E-state index in [9.17, 15) is 9.59 Å². The lowest BCUT2D eigenvalue weighted by Gasteiger charge is -2.16. The first kappa shape index (κ1) is 28.4. The highest BCUT2D eigenvalue weighted by atomic mass is 32.2. The number of thioether (sulfide) groups is 1. The highest BCUT2D eigenvalue weighted by Gasteiger charge is 2.42. The van der Waals surface area contributed by atoms with Crippen molar-refractivity contribution in [3.8, 4) is 23.8 Å². The normalized spacial score (nSPS) is 19.1. The molecule has 10 nitrogen and oxygen atoms in total. The Morgan fingerprint density at radius 2 is 2.07 bits per heavy atom. The third-order valence-corrected chi connectivity index (χ3v) is 8.70. The summed E-state index contributed by atoms with van der Waals surface area (Å²) in [6, 6.07) is 11.6. The van der Waals surface area contributed by atoms with E-state index in [1.54, 1.807) is 7.11 Å². The predicted octanol–water partition coefficient (Wildman–Crippen LogP) is 3.97. The monoisotopic (exact) mass is 574 g/mol. The van der Waals surface area contributed by atoms with E-state index in [4.69, 9.17) is 15.9 Å². The van der Waals surface area contributed by atoms with E-state index in [0.29, 0.717) is 54.1 Å². The lowest BCUT2D eigenvalue weighted by atomic mass is 10.0. The van der Waals surface area contributed by atoms with Crippen molar-refractivity contribution in [1.29, 1.82) is 0 Å². The van der Waals surface area contributed by atoms with Crippen LogP contribution in [0.25, 0.3) is 10.9 Å². The SMILES string of the molecule is C#Cc1cccc(Nc2ncnc3cc(OC)c(OCCCNC(=O)CCCCC4SCC5NC(=O)NC54)cc23)c1. The van der Waals surface area contributed by atoms with Gasteiger partial charge in [0.05, 0.1) is 31.3 Å². The van der Waals surface area contributed by atoms with E-state index >= 15 is 0 Å². The van der Waals surface area contributed by atoms with Gasteiger partial charge in [0.15, 0.2) is 11.5 Å². The second-order valence-corrected chi connectivity index (χ2v) is 11.3. The fourth-order valence-electron chi connectivity index (χ4n) is 5.10. The van der Waals surface area contributed by atoms with Crippen LogP contribution in [0.3, 0.4) is 0 Å². The minimum Gasteiger partial charge on any atom is -0.493 e. The largest absolute Gasteiger partial charge is 0.493 e. The van der Waals surface area contributed by atoms with Gasteiger partial charge >= 0.3 is 6.03 Å². The molecule has 5 rings (SSSR count). The second-order valence-electron chi connectivity index (χ2n) is 10.0. The third-order valence-electron chi connectivity index (χ3n) is 7.19. The number of amides is 3. The summed E-state index contributed by atoms with van der Waals surface area (Å²) < 4.78 is 11.6. The van der Waals surface area contributed by atoms with E-state index in [1.165, 1.54) is 6.33 Å². The molecule has 0 spiro atoms. The van der Waals surface area contributed by atoms with Crippen molar-refractivity contribution >= 4 is 46.1 Å². The average molecular weight is 575 g/mol. The van der Waals surface area contributed by atoms with Crippen LogP contribution < -0.4 is 30.7 Å². The fraction of sp³-hybridized carbons (Fsp3) is 0.400. The van der Waals surface area contributed by atoms with Gasteiger partial charge in [-0.2, -0.15) is 11.8 Å². The van der Waals surface area contributed by atoms with Crippen LogP contribution in [0.5, 0.6) is 11.5 Å². The number of unbranched alkanes of at least 4 members (excludes halogenated alkanes) is 1. The van der Waals surface area contributed by atoms with Crippen molar-refractivity contribution in [2.24, 2.45) is 0 Å². The number of nitrogens with one attached hydrogen (secondary N) is 4. The van der Waals surface area contributed by atoms with Crippen molar-refractivity contribution in [3.05, 3.63) is 48.3 Å². The van der Waals surface area contributed by atoms with Crippen LogP contribution in [-0.2, 0) is 4.79 Å². The second kappa shape index (κ2) is 13.5. The number of nitrogens with zero attached hydrogens (tertiary/aromatic N) is 2. The Hall–Kier alpha value is -4.17. The first-order valence-corrected chi connectivity index (χ1v) is 14.8. The number of carbonyl (C=O) groups is 2. The van der Waals surface area contributed by atoms with Gasteiger partial charge in [-0.05, 0) is 43.5 Å². The summed E-state index contributed by atoms with van der Waals surface area (Å²) in [5, 5.41) is 13.5. The fourth-order valence-corrected chi connectivity index (χ4v) is 6.65. The minimum atomic E-state index is -0.0637. The first-order valence-electron chi connectivity index (χ1n) is 13.8. The third kappa shape index (κ3) is 7.13. The van der Waals surface area contributed by atoms with E-state index in [2.05, 4.69) is 37.2 Å². The van der Waals surface area contributed by atoms with Gasteiger partial charge in [-0.15, -0.1) is 6.42 Å². The summed E-state index contributed by atoms with van der Waals surface area (Å²) in [5.74, 6) is 5.40. The molecule has 214 valence electrons. The first-order chi connectivity index (χ1) is 20.0. The zero-order valence-corrected chi connectivity index (χ0v) is 23.8. The Balaban J connectivity index is 1.07. The molecule has 11 heteroatoms. The van der Waals surface area contributed by atoms with E-state index in [1.807, 2.05) is 48.2 Å². The van der Waals surface area contributed by atoms with Crippen molar-refractivity contribution < 1.29 is 19.1 Å². The smallest absolute Gasteiger partial charge is 0.315 e. The molecule has 2 aliphatic heterocycles. The molecule has 2 aromatic carbocycles. The van der Waals surface area contributed by atoms with Crippen LogP contribution in [0.2, 0.25) is 0 Å². The number of hydrogen-bond donors (Lipinski definition) is 4. The Kier molecular flexibility index (Phi) is 9.31. The van der Waals surface area contributed by atoms with Crippen LogP contribution in [-0.4, -0.2) is 65.3 Å². The van der Waals surface area contributed by atoms with Crippen molar-refractivity contribution in [1.82, 2.24) is 25.9 Å². The molecule has 0 saturated carbocycles. The van der Waals surface area contributed by atoms with Gasteiger partial charge in [-0.1, -0.05) is 18.4 Å². The van der Waals surface area contributed by atoms with Gasteiger partial charge in [0.25, 0.3) is 0 Å². The Labute approximate surface area is 243 Å². The summed E-state index contributed by atoms with van der Waals surface area (Å²) in [5.41, 5.74) is 2.30. The standard InChI is InChI=1S/C30H34N6O4S/c1-3-19-8-6-9-20(14-19)34-29-21-15-25(24(39-2)16-22(21)32-18-33-29)40-13-7-12-31-27(37)11-5-4-10-26-28-23(17-41-26)35-30(38)36-28/h1,6,8-9,14-16,18,23,26,28H,4-5,7,10-13,17H2,2H3,(H,31,37)(H,32,33,34)(H2,35,36,38). The van der Waals surface area contributed by atoms with Gasteiger partial charge in [-0.25, -0.2) is 14.8 Å². The highest BCUT2D eigenvalue weighted by molar-refractivity contribution is 8.00. The van der Waals surface area contributed by atoms with Crippen LogP contribution in [0.15, 0.2) is 42.7 Å². The summed E-state index contributed by atoms with van der Waals surface area (Å²) in [7, 11) is 1.59. The number of fused-ring (bicyclic) bond motifs is 2. The van der Waals surface area contributed by atoms with Gasteiger partial charge in [0, 0.05) is 46.7 Å². The van der Waals surface area contributed by atoms with Crippen LogP contribution in [0.1, 0.15) is 37.7 Å².